The van der Waals surface area contributed by atoms with Crippen molar-refractivity contribution in [2.24, 2.45) is 0 Å². The van der Waals surface area contributed by atoms with Crippen LogP contribution in [0.3, 0.4) is 0 Å². The van der Waals surface area contributed by atoms with Crippen molar-refractivity contribution in [2.45, 2.75) is 25.4 Å². The van der Waals surface area contributed by atoms with Crippen molar-refractivity contribution in [2.75, 3.05) is 13.1 Å². The van der Waals surface area contributed by atoms with E-state index in [-0.39, 0.29) is 17.6 Å². The van der Waals surface area contributed by atoms with Gasteiger partial charge in [-0.05, 0) is 42.7 Å². The van der Waals surface area contributed by atoms with E-state index in [1.54, 1.807) is 30.6 Å². The maximum Gasteiger partial charge on any atom is 0.273 e. The molecule has 1 saturated heterocycles. The normalized spacial score (nSPS) is 15.4. The molecule has 29 heavy (non-hydrogen) atoms. The number of nitrogens with zero attached hydrogens (tertiary/aromatic N) is 3. The summed E-state index contributed by atoms with van der Waals surface area (Å²) in [6.07, 6.45) is 4.84. The first-order valence-electron chi connectivity index (χ1n) is 9.43. The van der Waals surface area contributed by atoms with Crippen LogP contribution in [0, 0.1) is 11.6 Å². The molecular formula is C21H20F2N4O2. The lowest BCUT2D eigenvalue weighted by atomic mass is 10.0. The van der Waals surface area contributed by atoms with E-state index < -0.39 is 11.6 Å². The molecule has 1 aliphatic heterocycles. The highest BCUT2D eigenvalue weighted by Crippen LogP contribution is 2.20. The monoisotopic (exact) mass is 398 g/mol. The first-order valence-corrected chi connectivity index (χ1v) is 9.43. The van der Waals surface area contributed by atoms with Gasteiger partial charge in [0.05, 0.1) is 0 Å². The van der Waals surface area contributed by atoms with Crippen LogP contribution < -0.4 is 5.32 Å². The maximum atomic E-state index is 13.4. The van der Waals surface area contributed by atoms with Gasteiger partial charge in [0.25, 0.3) is 5.91 Å². The van der Waals surface area contributed by atoms with Gasteiger partial charge < -0.3 is 9.84 Å². The van der Waals surface area contributed by atoms with Gasteiger partial charge in [-0.1, -0.05) is 11.2 Å². The second-order valence-corrected chi connectivity index (χ2v) is 7.09. The Labute approximate surface area is 166 Å². The summed E-state index contributed by atoms with van der Waals surface area (Å²) in [6.45, 7) is 2.06. The van der Waals surface area contributed by atoms with Crippen LogP contribution in [-0.4, -0.2) is 40.1 Å². The Kier molecular flexibility index (Phi) is 5.62. The van der Waals surface area contributed by atoms with Gasteiger partial charge in [-0.15, -0.1) is 0 Å². The number of hydrogen-bond donors (Lipinski definition) is 1. The van der Waals surface area contributed by atoms with E-state index in [4.69, 9.17) is 4.52 Å². The van der Waals surface area contributed by atoms with Crippen LogP contribution >= 0.6 is 0 Å². The standard InChI is InChI=1S/C21H20F2N4O2/c22-17-4-3-14(10-18(17)23)13-27-8-5-16(6-9-27)25-21(28)19-11-20(29-26-19)15-2-1-7-24-12-15/h1-4,7,10-12,16H,5-6,8-9,13H2,(H,25,28). The summed E-state index contributed by atoms with van der Waals surface area (Å²) >= 11 is 0. The number of carbonyl (C=O) groups excluding carboxylic acids is 1. The predicted molar refractivity (Wildman–Crippen MR) is 102 cm³/mol. The molecule has 3 aromatic rings. The molecule has 0 bridgehead atoms. The van der Waals surface area contributed by atoms with E-state index in [2.05, 4.69) is 20.4 Å². The minimum absolute atomic E-state index is 0.0299. The van der Waals surface area contributed by atoms with Gasteiger partial charge in [-0.2, -0.15) is 0 Å². The summed E-state index contributed by atoms with van der Waals surface area (Å²) in [5.41, 5.74) is 1.72. The number of aromatic nitrogens is 2. The van der Waals surface area contributed by atoms with Gasteiger partial charge in [0.1, 0.15) is 0 Å². The number of benzene rings is 1. The van der Waals surface area contributed by atoms with Crippen molar-refractivity contribution in [1.82, 2.24) is 20.4 Å². The topological polar surface area (TPSA) is 71.3 Å². The van der Waals surface area contributed by atoms with Crippen molar-refractivity contribution in [3.8, 4) is 11.3 Å². The summed E-state index contributed by atoms with van der Waals surface area (Å²) in [5, 5.41) is 6.84. The molecule has 0 atom stereocenters. The molecule has 0 saturated carbocycles. The van der Waals surface area contributed by atoms with E-state index in [0.717, 1.165) is 43.1 Å². The second-order valence-electron chi connectivity index (χ2n) is 7.09. The van der Waals surface area contributed by atoms with Crippen LogP contribution in [0.15, 0.2) is 53.3 Å². The van der Waals surface area contributed by atoms with Crippen molar-refractivity contribution >= 4 is 5.91 Å². The average molecular weight is 398 g/mol. The molecule has 1 aliphatic rings. The van der Waals surface area contributed by atoms with Crippen molar-refractivity contribution in [3.05, 3.63) is 71.7 Å². The fraction of sp³-hybridized carbons (Fsp3) is 0.286. The first-order chi connectivity index (χ1) is 14.1. The van der Waals surface area contributed by atoms with Gasteiger partial charge in [0, 0.05) is 49.7 Å². The van der Waals surface area contributed by atoms with Gasteiger partial charge in [-0.3, -0.25) is 14.7 Å². The van der Waals surface area contributed by atoms with E-state index in [1.807, 2.05) is 6.07 Å². The number of likely N-dealkylation sites (tertiary alicyclic amines) is 1. The Morgan fingerprint density at radius 1 is 1.17 bits per heavy atom. The number of nitrogens with one attached hydrogen (secondary N) is 1. The fourth-order valence-corrected chi connectivity index (χ4v) is 3.42. The van der Waals surface area contributed by atoms with E-state index in [0.29, 0.717) is 12.3 Å². The molecule has 2 aromatic heterocycles. The molecule has 1 aromatic carbocycles. The zero-order valence-electron chi connectivity index (χ0n) is 15.6. The Balaban J connectivity index is 1.29. The lowest BCUT2D eigenvalue weighted by Crippen LogP contribution is -2.44. The number of carbonyl (C=O) groups is 1. The van der Waals surface area contributed by atoms with Crippen molar-refractivity contribution in [1.29, 1.82) is 0 Å². The van der Waals surface area contributed by atoms with Crippen molar-refractivity contribution < 1.29 is 18.1 Å². The smallest absolute Gasteiger partial charge is 0.273 e. The highest BCUT2D eigenvalue weighted by atomic mass is 19.2. The molecule has 0 spiro atoms. The average Bonchev–Trinajstić information content (AvgIpc) is 3.23. The molecular weight excluding hydrogens is 378 g/mol. The number of amides is 1. The Morgan fingerprint density at radius 2 is 2.00 bits per heavy atom. The fourth-order valence-electron chi connectivity index (χ4n) is 3.42. The summed E-state index contributed by atoms with van der Waals surface area (Å²) in [6, 6.07) is 9.22. The van der Waals surface area contributed by atoms with E-state index in [1.165, 1.54) is 6.07 Å². The highest BCUT2D eigenvalue weighted by Gasteiger charge is 2.23. The van der Waals surface area contributed by atoms with Gasteiger partial charge in [0.15, 0.2) is 23.1 Å². The number of pyridine rings is 1. The molecule has 3 heterocycles. The quantitative estimate of drug-likeness (QED) is 0.713. The van der Waals surface area contributed by atoms with Crippen molar-refractivity contribution in [3.63, 3.8) is 0 Å². The van der Waals surface area contributed by atoms with Gasteiger partial charge in [-0.25, -0.2) is 8.78 Å². The molecule has 1 fully saturated rings. The summed E-state index contributed by atoms with van der Waals surface area (Å²) in [7, 11) is 0. The van der Waals surface area contributed by atoms with Crippen LogP contribution in [0.5, 0.6) is 0 Å². The number of halogens is 2. The minimum Gasteiger partial charge on any atom is -0.355 e. The zero-order chi connectivity index (χ0) is 20.2. The molecule has 1 N–H and O–H groups in total. The van der Waals surface area contributed by atoms with E-state index >= 15 is 0 Å². The molecule has 150 valence electrons. The molecule has 8 heteroatoms. The third-order valence-electron chi connectivity index (χ3n) is 5.00. The third kappa shape index (κ3) is 4.65. The molecule has 6 nitrogen and oxygen atoms in total. The second kappa shape index (κ2) is 8.48. The summed E-state index contributed by atoms with van der Waals surface area (Å²) < 4.78 is 31.6. The Bertz CT molecular complexity index is 985. The van der Waals surface area contributed by atoms with Crippen LogP contribution in [0.1, 0.15) is 28.9 Å². The number of piperidine rings is 1. The summed E-state index contributed by atoms with van der Waals surface area (Å²) in [5.74, 6) is -1.45. The molecule has 4 rings (SSSR count). The SMILES string of the molecule is O=C(NC1CCN(Cc2ccc(F)c(F)c2)CC1)c1cc(-c2cccnc2)on1. The highest BCUT2D eigenvalue weighted by molar-refractivity contribution is 5.93. The van der Waals surface area contributed by atoms with Crippen LogP contribution in [0.2, 0.25) is 0 Å². The number of rotatable bonds is 5. The van der Waals surface area contributed by atoms with E-state index in [9.17, 15) is 13.6 Å². The van der Waals surface area contributed by atoms with Crippen LogP contribution in [0.25, 0.3) is 11.3 Å². The lowest BCUT2D eigenvalue weighted by molar-refractivity contribution is 0.0900. The Morgan fingerprint density at radius 3 is 2.72 bits per heavy atom. The first kappa shape index (κ1) is 19.2. The van der Waals surface area contributed by atoms with Crippen LogP contribution in [0.4, 0.5) is 8.78 Å². The number of hydrogen-bond acceptors (Lipinski definition) is 5. The molecule has 0 radical (unpaired) electrons. The zero-order valence-corrected chi connectivity index (χ0v) is 15.6. The maximum absolute atomic E-state index is 13.4. The molecule has 0 aliphatic carbocycles. The third-order valence-corrected chi connectivity index (χ3v) is 5.00. The predicted octanol–water partition coefficient (Wildman–Crippen LogP) is 3.41. The van der Waals surface area contributed by atoms with Gasteiger partial charge in [0.2, 0.25) is 0 Å². The largest absolute Gasteiger partial charge is 0.355 e. The van der Waals surface area contributed by atoms with Gasteiger partial charge >= 0.3 is 0 Å². The van der Waals surface area contributed by atoms with Crippen LogP contribution in [-0.2, 0) is 6.54 Å². The molecule has 0 unspecified atom stereocenters. The Hall–Kier alpha value is -3.13. The molecule has 1 amide bonds. The minimum atomic E-state index is -0.838. The lowest BCUT2D eigenvalue weighted by Gasteiger charge is -2.32. The summed E-state index contributed by atoms with van der Waals surface area (Å²) in [4.78, 5) is 18.6.